The molecule has 0 aliphatic carbocycles. The van der Waals surface area contributed by atoms with Gasteiger partial charge in [0.25, 0.3) is 0 Å². The number of benzene rings is 1. The molecule has 96 valence electrons. The molecule has 1 heterocycles. The Morgan fingerprint density at radius 3 is 2.89 bits per heavy atom. The van der Waals surface area contributed by atoms with E-state index < -0.39 is 0 Å². The topological polar surface area (TPSA) is 43.8 Å². The summed E-state index contributed by atoms with van der Waals surface area (Å²) in [5.41, 5.74) is 8.06. The molecule has 0 amide bonds. The lowest BCUT2D eigenvalue weighted by Crippen LogP contribution is -2.21. The van der Waals surface area contributed by atoms with Gasteiger partial charge in [-0.1, -0.05) is 36.7 Å². The molecule has 1 atom stereocenters. The summed E-state index contributed by atoms with van der Waals surface area (Å²) in [4.78, 5) is 4.37. The number of imidazole rings is 1. The fourth-order valence-corrected chi connectivity index (χ4v) is 2.03. The lowest BCUT2D eigenvalue weighted by molar-refractivity contribution is 0.638. The highest BCUT2D eigenvalue weighted by atomic mass is 35.5. The van der Waals surface area contributed by atoms with E-state index in [0.29, 0.717) is 0 Å². The monoisotopic (exact) mass is 263 g/mol. The van der Waals surface area contributed by atoms with Gasteiger partial charge in [-0.2, -0.15) is 0 Å². The summed E-state index contributed by atoms with van der Waals surface area (Å²) in [7, 11) is 0. The van der Waals surface area contributed by atoms with Crippen LogP contribution in [0, 0.1) is 0 Å². The molecule has 2 rings (SSSR count). The van der Waals surface area contributed by atoms with Gasteiger partial charge in [-0.15, -0.1) is 0 Å². The van der Waals surface area contributed by atoms with Gasteiger partial charge in [0.2, 0.25) is 0 Å². The zero-order valence-electron chi connectivity index (χ0n) is 10.5. The highest BCUT2D eigenvalue weighted by Gasteiger charge is 2.06. The van der Waals surface area contributed by atoms with E-state index >= 15 is 0 Å². The molecule has 18 heavy (non-hydrogen) atoms. The summed E-state index contributed by atoms with van der Waals surface area (Å²) in [6.45, 7) is 2.83. The third-order valence-corrected chi connectivity index (χ3v) is 3.36. The third kappa shape index (κ3) is 3.34. The number of halogens is 1. The van der Waals surface area contributed by atoms with Crippen molar-refractivity contribution in [3.63, 3.8) is 0 Å². The Kier molecular flexibility index (Phi) is 4.39. The van der Waals surface area contributed by atoms with Crippen molar-refractivity contribution in [2.75, 3.05) is 0 Å². The fraction of sp³-hybridized carbons (Fsp3) is 0.357. The van der Waals surface area contributed by atoms with Gasteiger partial charge < -0.3 is 10.3 Å². The lowest BCUT2D eigenvalue weighted by Gasteiger charge is -2.06. The number of aromatic nitrogens is 2. The van der Waals surface area contributed by atoms with Crippen LogP contribution in [0.3, 0.4) is 0 Å². The first kappa shape index (κ1) is 13.1. The molecule has 1 aromatic carbocycles. The number of nitrogens with zero attached hydrogens (tertiary/aromatic N) is 2. The SMILES string of the molecule is CCC(N)Cc1cn(Cc2ccccc2Cl)cn1. The van der Waals surface area contributed by atoms with Gasteiger partial charge >= 0.3 is 0 Å². The van der Waals surface area contributed by atoms with E-state index in [4.69, 9.17) is 17.3 Å². The summed E-state index contributed by atoms with van der Waals surface area (Å²) < 4.78 is 2.04. The van der Waals surface area contributed by atoms with Crippen LogP contribution < -0.4 is 5.73 Å². The van der Waals surface area contributed by atoms with E-state index in [1.165, 1.54) is 0 Å². The molecule has 1 unspecified atom stereocenters. The van der Waals surface area contributed by atoms with Crippen molar-refractivity contribution >= 4 is 11.6 Å². The Morgan fingerprint density at radius 1 is 1.39 bits per heavy atom. The number of rotatable bonds is 5. The average Bonchev–Trinajstić information content (AvgIpc) is 2.79. The predicted octanol–water partition coefficient (Wildman–Crippen LogP) is 2.86. The van der Waals surface area contributed by atoms with Gasteiger partial charge in [-0.25, -0.2) is 4.98 Å². The molecule has 2 N–H and O–H groups in total. The van der Waals surface area contributed by atoms with Crippen LogP contribution >= 0.6 is 11.6 Å². The Balaban J connectivity index is 2.05. The average molecular weight is 264 g/mol. The molecule has 1 aromatic heterocycles. The van der Waals surface area contributed by atoms with Gasteiger partial charge in [0, 0.05) is 30.2 Å². The molecule has 0 saturated carbocycles. The second-order valence-corrected chi connectivity index (χ2v) is 4.91. The van der Waals surface area contributed by atoms with Crippen molar-refractivity contribution in [3.8, 4) is 0 Å². The third-order valence-electron chi connectivity index (χ3n) is 2.99. The zero-order valence-corrected chi connectivity index (χ0v) is 11.3. The molecule has 0 spiro atoms. The largest absolute Gasteiger partial charge is 0.333 e. The quantitative estimate of drug-likeness (QED) is 0.902. The van der Waals surface area contributed by atoms with E-state index in [1.54, 1.807) is 0 Å². The maximum Gasteiger partial charge on any atom is 0.0952 e. The van der Waals surface area contributed by atoms with Crippen molar-refractivity contribution in [2.24, 2.45) is 5.73 Å². The Labute approximate surface area is 113 Å². The minimum Gasteiger partial charge on any atom is -0.333 e. The summed E-state index contributed by atoms with van der Waals surface area (Å²) in [6, 6.07) is 8.05. The smallest absolute Gasteiger partial charge is 0.0952 e. The van der Waals surface area contributed by atoms with Crippen LogP contribution in [-0.4, -0.2) is 15.6 Å². The Morgan fingerprint density at radius 2 is 2.17 bits per heavy atom. The normalized spacial score (nSPS) is 12.6. The van der Waals surface area contributed by atoms with Crippen LogP contribution in [0.2, 0.25) is 5.02 Å². The first-order valence-corrected chi connectivity index (χ1v) is 6.56. The van der Waals surface area contributed by atoms with Gasteiger partial charge in [0.05, 0.1) is 12.0 Å². The van der Waals surface area contributed by atoms with E-state index in [1.807, 2.05) is 41.4 Å². The summed E-state index contributed by atoms with van der Waals surface area (Å²) in [5, 5.41) is 0.790. The molecule has 0 fully saturated rings. The predicted molar refractivity (Wildman–Crippen MR) is 74.8 cm³/mol. The van der Waals surface area contributed by atoms with Crippen LogP contribution in [0.25, 0.3) is 0 Å². The summed E-state index contributed by atoms with van der Waals surface area (Å²) in [5.74, 6) is 0. The van der Waals surface area contributed by atoms with E-state index in [2.05, 4.69) is 11.9 Å². The molecule has 0 aliphatic heterocycles. The number of hydrogen-bond donors (Lipinski definition) is 1. The summed E-state index contributed by atoms with van der Waals surface area (Å²) in [6.07, 6.45) is 5.67. The molecule has 3 nitrogen and oxygen atoms in total. The van der Waals surface area contributed by atoms with Gasteiger partial charge in [-0.05, 0) is 18.1 Å². The second-order valence-electron chi connectivity index (χ2n) is 4.50. The molecule has 2 aromatic rings. The van der Waals surface area contributed by atoms with E-state index in [0.717, 1.165) is 35.7 Å². The maximum atomic E-state index is 6.13. The lowest BCUT2D eigenvalue weighted by atomic mass is 10.1. The summed E-state index contributed by atoms with van der Waals surface area (Å²) >= 11 is 6.13. The highest BCUT2D eigenvalue weighted by molar-refractivity contribution is 6.31. The van der Waals surface area contributed by atoms with E-state index in [9.17, 15) is 0 Å². The number of nitrogens with two attached hydrogens (primary N) is 1. The van der Waals surface area contributed by atoms with Crippen molar-refractivity contribution in [1.29, 1.82) is 0 Å². The van der Waals surface area contributed by atoms with Crippen LogP contribution in [0.1, 0.15) is 24.6 Å². The van der Waals surface area contributed by atoms with Gasteiger partial charge in [-0.3, -0.25) is 0 Å². The maximum absolute atomic E-state index is 6.13. The molecule has 0 saturated heterocycles. The molecular formula is C14H18ClN3. The van der Waals surface area contributed by atoms with E-state index in [-0.39, 0.29) is 6.04 Å². The minimum absolute atomic E-state index is 0.189. The van der Waals surface area contributed by atoms with Crippen LogP contribution in [0.15, 0.2) is 36.8 Å². The van der Waals surface area contributed by atoms with Crippen molar-refractivity contribution in [1.82, 2.24) is 9.55 Å². The Hall–Kier alpha value is -1.32. The van der Waals surface area contributed by atoms with Gasteiger partial charge in [0.1, 0.15) is 0 Å². The number of hydrogen-bond acceptors (Lipinski definition) is 2. The van der Waals surface area contributed by atoms with Crippen LogP contribution in [0.5, 0.6) is 0 Å². The molecule has 4 heteroatoms. The minimum atomic E-state index is 0.189. The van der Waals surface area contributed by atoms with Crippen molar-refractivity contribution in [3.05, 3.63) is 53.1 Å². The van der Waals surface area contributed by atoms with Crippen LogP contribution in [0.4, 0.5) is 0 Å². The molecular weight excluding hydrogens is 246 g/mol. The highest BCUT2D eigenvalue weighted by Crippen LogP contribution is 2.16. The second kappa shape index (κ2) is 6.03. The van der Waals surface area contributed by atoms with Crippen molar-refractivity contribution in [2.45, 2.75) is 32.4 Å². The first-order valence-electron chi connectivity index (χ1n) is 6.18. The van der Waals surface area contributed by atoms with Crippen molar-refractivity contribution < 1.29 is 0 Å². The van der Waals surface area contributed by atoms with Crippen LogP contribution in [-0.2, 0) is 13.0 Å². The van der Waals surface area contributed by atoms with Gasteiger partial charge in [0.15, 0.2) is 0 Å². The zero-order chi connectivity index (χ0) is 13.0. The molecule has 0 radical (unpaired) electrons. The Bertz CT molecular complexity index is 507. The standard InChI is InChI=1S/C14H18ClN3/c1-2-12(16)7-13-9-18(10-17-13)8-11-5-3-4-6-14(11)15/h3-6,9-10,12H,2,7-8,16H2,1H3. The first-order chi connectivity index (χ1) is 8.69. The molecule has 0 bridgehead atoms. The fourth-order valence-electron chi connectivity index (χ4n) is 1.83. The molecule has 0 aliphatic rings.